The summed E-state index contributed by atoms with van der Waals surface area (Å²) in [5.41, 5.74) is 3.65. The maximum absolute atomic E-state index is 3.85. The van der Waals surface area contributed by atoms with Gasteiger partial charge in [-0.1, -0.05) is 108 Å². The molecule has 0 heterocycles. The molecule has 1 aromatic carbocycles. The van der Waals surface area contributed by atoms with Crippen LogP contribution in [0.25, 0.3) is 6.08 Å². The van der Waals surface area contributed by atoms with Crippen LogP contribution in [0.1, 0.15) is 81.4 Å². The first-order valence-corrected chi connectivity index (χ1v) is 12.4. The van der Waals surface area contributed by atoms with E-state index in [2.05, 4.69) is 50.9 Å². The number of unbranched alkanes of at least 4 members (excludes halogenated alkanes) is 7. The Morgan fingerprint density at radius 2 is 1.45 bits per heavy atom. The van der Waals surface area contributed by atoms with E-state index in [1.807, 2.05) is 6.08 Å². The van der Waals surface area contributed by atoms with Gasteiger partial charge in [0.2, 0.25) is 0 Å². The first-order chi connectivity index (χ1) is 10.7. The lowest BCUT2D eigenvalue weighted by Crippen LogP contribution is -2.16. The molecule has 0 radical (unpaired) electrons. The minimum atomic E-state index is -0.637. The molecule has 1 atom stereocenters. The summed E-state index contributed by atoms with van der Waals surface area (Å²) in [6, 6.07) is 9.11. The van der Waals surface area contributed by atoms with Crippen molar-refractivity contribution in [2.75, 3.05) is 0 Å². The minimum Gasteiger partial charge on any atom is -0.0985 e. The second-order valence-corrected chi connectivity index (χ2v) is 10.3. The van der Waals surface area contributed by atoms with Crippen molar-refractivity contribution in [3.8, 4) is 0 Å². The van der Waals surface area contributed by atoms with E-state index < -0.39 is 8.80 Å². The Labute approximate surface area is 140 Å². The van der Waals surface area contributed by atoms with E-state index in [4.69, 9.17) is 0 Å². The molecule has 124 valence electrons. The number of benzene rings is 1. The average Bonchev–Trinajstić information content (AvgIpc) is 2.53. The van der Waals surface area contributed by atoms with Crippen molar-refractivity contribution >= 4 is 14.9 Å². The Kier molecular flexibility index (Phi) is 10.2. The Balaban J connectivity index is 2.30. The van der Waals surface area contributed by atoms with Gasteiger partial charge in [-0.15, -0.1) is 0 Å². The number of hydrogen-bond acceptors (Lipinski definition) is 0. The zero-order valence-corrected chi connectivity index (χ0v) is 16.3. The zero-order chi connectivity index (χ0) is 16.2. The normalized spacial score (nSPS) is 12.5. The number of rotatable bonds is 12. The largest absolute Gasteiger partial charge is 0.0985 e. The van der Waals surface area contributed by atoms with E-state index in [-0.39, 0.29) is 0 Å². The monoisotopic (exact) mass is 316 g/mol. The van der Waals surface area contributed by atoms with Crippen molar-refractivity contribution in [1.82, 2.24) is 0 Å². The molecule has 0 fully saturated rings. The zero-order valence-electron chi connectivity index (χ0n) is 15.1. The van der Waals surface area contributed by atoms with Crippen LogP contribution in [0.2, 0.25) is 13.1 Å². The maximum atomic E-state index is 3.85. The van der Waals surface area contributed by atoms with Gasteiger partial charge in [0.05, 0.1) is 0 Å². The van der Waals surface area contributed by atoms with Crippen LogP contribution >= 0.6 is 0 Å². The van der Waals surface area contributed by atoms with E-state index in [1.165, 1.54) is 63.4 Å². The van der Waals surface area contributed by atoms with Crippen LogP contribution in [0.3, 0.4) is 0 Å². The molecule has 0 aliphatic carbocycles. The Bertz CT molecular complexity index is 391. The molecular formula is C21H36Si. The highest BCUT2D eigenvalue weighted by molar-refractivity contribution is 6.57. The predicted octanol–water partition coefficient (Wildman–Crippen LogP) is 6.97. The molecule has 22 heavy (non-hydrogen) atoms. The summed E-state index contributed by atoms with van der Waals surface area (Å²) in [5.74, 6) is 0. The maximum Gasteiger partial charge on any atom is 0.0388 e. The van der Waals surface area contributed by atoms with Gasteiger partial charge in [0.1, 0.15) is 0 Å². The van der Waals surface area contributed by atoms with Crippen LogP contribution in [0.5, 0.6) is 0 Å². The molecule has 0 amide bonds. The summed E-state index contributed by atoms with van der Waals surface area (Å²) in [4.78, 5) is 0. The van der Waals surface area contributed by atoms with Crippen LogP contribution in [-0.4, -0.2) is 8.80 Å². The number of hydrogen-bond donors (Lipinski definition) is 0. The van der Waals surface area contributed by atoms with Gasteiger partial charge in [0.25, 0.3) is 0 Å². The lowest BCUT2D eigenvalue weighted by Gasteiger charge is -2.20. The van der Waals surface area contributed by atoms with Gasteiger partial charge in [-0.25, -0.2) is 0 Å². The van der Waals surface area contributed by atoms with Gasteiger partial charge in [-0.2, -0.15) is 0 Å². The highest BCUT2D eigenvalue weighted by atomic mass is 28.3. The molecule has 1 heteroatoms. The first kappa shape index (κ1) is 19.2. The fourth-order valence-corrected chi connectivity index (χ4v) is 5.16. The van der Waals surface area contributed by atoms with Gasteiger partial charge in [0, 0.05) is 8.80 Å². The topological polar surface area (TPSA) is 0 Å². The molecule has 1 rings (SSSR count). The van der Waals surface area contributed by atoms with Crippen LogP contribution in [0.4, 0.5) is 0 Å². The summed E-state index contributed by atoms with van der Waals surface area (Å²) < 4.78 is 0. The predicted molar refractivity (Wildman–Crippen MR) is 105 cm³/mol. The Morgan fingerprint density at radius 1 is 0.909 bits per heavy atom. The Hall–Kier alpha value is -0.823. The summed E-state index contributed by atoms with van der Waals surface area (Å²) in [7, 11) is -0.637. The lowest BCUT2D eigenvalue weighted by molar-refractivity contribution is 0.560. The SMILES string of the molecule is C=Cc1ccc(C(CCCCCCCCCC)[SiH](C)C)cc1. The summed E-state index contributed by atoms with van der Waals surface area (Å²) in [5, 5.41) is 0. The molecule has 1 unspecified atom stereocenters. The van der Waals surface area contributed by atoms with E-state index in [0.717, 1.165) is 5.54 Å². The summed E-state index contributed by atoms with van der Waals surface area (Å²) in [6.45, 7) is 11.1. The van der Waals surface area contributed by atoms with Crippen LogP contribution < -0.4 is 0 Å². The lowest BCUT2D eigenvalue weighted by atomic mass is 10.0. The van der Waals surface area contributed by atoms with Gasteiger partial charge < -0.3 is 0 Å². The standard InChI is InChI=1S/C21H36Si/c1-5-7-8-9-10-11-12-13-14-21(22(3)4)20-17-15-19(6-2)16-18-20/h6,15-18,21-22H,2,5,7-14H2,1,3-4H3. The molecule has 0 saturated heterocycles. The third-order valence-corrected chi connectivity index (χ3v) is 7.10. The quantitative estimate of drug-likeness (QED) is 0.288. The fourth-order valence-electron chi connectivity index (χ4n) is 3.26. The molecule has 0 nitrogen and oxygen atoms in total. The van der Waals surface area contributed by atoms with Crippen LogP contribution in [0.15, 0.2) is 30.8 Å². The van der Waals surface area contributed by atoms with Crippen LogP contribution in [-0.2, 0) is 0 Å². The fraction of sp³-hybridized carbons (Fsp3) is 0.619. The Morgan fingerprint density at radius 3 is 1.95 bits per heavy atom. The van der Waals surface area contributed by atoms with Crippen LogP contribution in [0, 0.1) is 0 Å². The van der Waals surface area contributed by atoms with E-state index >= 15 is 0 Å². The molecule has 0 aromatic heterocycles. The second kappa shape index (κ2) is 11.7. The minimum absolute atomic E-state index is 0.637. The van der Waals surface area contributed by atoms with Crippen molar-refractivity contribution in [3.63, 3.8) is 0 Å². The smallest absolute Gasteiger partial charge is 0.0388 e. The highest BCUT2D eigenvalue weighted by Crippen LogP contribution is 2.26. The third-order valence-electron chi connectivity index (χ3n) is 4.77. The molecule has 1 aromatic rings. The molecule has 0 spiro atoms. The van der Waals surface area contributed by atoms with Gasteiger partial charge in [0.15, 0.2) is 0 Å². The molecule has 0 bridgehead atoms. The molecule has 0 aliphatic heterocycles. The van der Waals surface area contributed by atoms with Crippen molar-refractivity contribution in [2.24, 2.45) is 0 Å². The van der Waals surface area contributed by atoms with Crippen molar-refractivity contribution in [2.45, 2.75) is 83.3 Å². The van der Waals surface area contributed by atoms with Crippen molar-refractivity contribution < 1.29 is 0 Å². The molecule has 0 aliphatic rings. The summed E-state index contributed by atoms with van der Waals surface area (Å²) in [6.07, 6.45) is 14.7. The van der Waals surface area contributed by atoms with Crippen molar-refractivity contribution in [1.29, 1.82) is 0 Å². The molecule has 0 N–H and O–H groups in total. The van der Waals surface area contributed by atoms with E-state index in [1.54, 1.807) is 5.56 Å². The van der Waals surface area contributed by atoms with Gasteiger partial charge in [-0.05, 0) is 23.1 Å². The van der Waals surface area contributed by atoms with E-state index in [0.29, 0.717) is 0 Å². The summed E-state index contributed by atoms with van der Waals surface area (Å²) >= 11 is 0. The highest BCUT2D eigenvalue weighted by Gasteiger charge is 2.16. The first-order valence-electron chi connectivity index (χ1n) is 9.41. The molecule has 0 saturated carbocycles. The van der Waals surface area contributed by atoms with Gasteiger partial charge >= 0.3 is 0 Å². The molecular weight excluding hydrogens is 280 g/mol. The van der Waals surface area contributed by atoms with Crippen molar-refractivity contribution in [3.05, 3.63) is 42.0 Å². The van der Waals surface area contributed by atoms with Gasteiger partial charge in [-0.3, -0.25) is 0 Å². The van der Waals surface area contributed by atoms with E-state index in [9.17, 15) is 0 Å². The average molecular weight is 317 g/mol. The third kappa shape index (κ3) is 7.44. The second-order valence-electron chi connectivity index (χ2n) is 6.98.